The average Bonchev–Trinajstić information content (AvgIpc) is 2.19. The summed E-state index contributed by atoms with van der Waals surface area (Å²) in [6.45, 7) is 3.78. The fraction of sp³-hybridized carbons (Fsp3) is 0.273. The van der Waals surface area contributed by atoms with Crippen LogP contribution in [0, 0.1) is 4.77 Å². The average molecular weight is 236 g/mol. The second kappa shape index (κ2) is 3.75. The Morgan fingerprint density at radius 2 is 2.12 bits per heavy atom. The molecular formula is C11H12N2O2S. The maximum Gasteiger partial charge on any atom is 0.262 e. The number of H-pyrrole nitrogens is 1. The van der Waals surface area contributed by atoms with Crippen LogP contribution in [-0.2, 0) is 0 Å². The first-order chi connectivity index (χ1) is 7.50. The first-order valence-corrected chi connectivity index (χ1v) is 5.39. The summed E-state index contributed by atoms with van der Waals surface area (Å²) in [5.74, 6) is 0.0745. The molecule has 0 amide bonds. The molecule has 0 atom stereocenters. The largest absolute Gasteiger partial charge is 0.508 e. The van der Waals surface area contributed by atoms with Gasteiger partial charge in [-0.1, -0.05) is 0 Å². The van der Waals surface area contributed by atoms with Crippen molar-refractivity contribution in [3.63, 3.8) is 0 Å². The van der Waals surface area contributed by atoms with Gasteiger partial charge in [-0.3, -0.25) is 9.36 Å². The topological polar surface area (TPSA) is 58.0 Å². The molecule has 2 aromatic rings. The van der Waals surface area contributed by atoms with Crippen LogP contribution >= 0.6 is 12.2 Å². The zero-order valence-electron chi connectivity index (χ0n) is 9.02. The zero-order valence-corrected chi connectivity index (χ0v) is 9.84. The number of rotatable bonds is 1. The van der Waals surface area contributed by atoms with Crippen LogP contribution in [-0.4, -0.2) is 14.7 Å². The Labute approximate surface area is 97.2 Å². The molecule has 0 radical (unpaired) electrons. The lowest BCUT2D eigenvalue weighted by Gasteiger charge is -2.11. The summed E-state index contributed by atoms with van der Waals surface area (Å²) >= 11 is 5.12. The van der Waals surface area contributed by atoms with Crippen molar-refractivity contribution in [2.45, 2.75) is 19.9 Å². The minimum absolute atomic E-state index is 0.0111. The Morgan fingerprint density at radius 1 is 1.44 bits per heavy atom. The van der Waals surface area contributed by atoms with Gasteiger partial charge in [0, 0.05) is 6.04 Å². The Kier molecular flexibility index (Phi) is 2.55. The van der Waals surface area contributed by atoms with Gasteiger partial charge in [0.1, 0.15) is 5.75 Å². The van der Waals surface area contributed by atoms with Crippen molar-refractivity contribution < 1.29 is 5.11 Å². The van der Waals surface area contributed by atoms with Crippen molar-refractivity contribution >= 4 is 23.1 Å². The number of nitrogens with zero attached hydrogens (tertiary/aromatic N) is 1. The Balaban J connectivity index is 2.97. The molecular weight excluding hydrogens is 224 g/mol. The summed E-state index contributed by atoms with van der Waals surface area (Å²) in [5, 5.41) is 9.81. The van der Waals surface area contributed by atoms with E-state index in [4.69, 9.17) is 12.2 Å². The van der Waals surface area contributed by atoms with Crippen LogP contribution in [0.2, 0.25) is 0 Å². The minimum atomic E-state index is -0.176. The summed E-state index contributed by atoms with van der Waals surface area (Å²) in [4.78, 5) is 15.1. The van der Waals surface area contributed by atoms with Crippen molar-refractivity contribution in [1.82, 2.24) is 9.55 Å². The summed E-state index contributed by atoms with van der Waals surface area (Å²) in [5.41, 5.74) is 0.467. The molecule has 0 spiro atoms. The maximum absolute atomic E-state index is 12.1. The van der Waals surface area contributed by atoms with Crippen LogP contribution < -0.4 is 5.56 Å². The first-order valence-electron chi connectivity index (χ1n) is 4.98. The standard InChI is InChI=1S/C11H12N2O2S/c1-6(2)13-10(15)8-5-7(14)3-4-9(8)12-11(13)16/h3-6,14H,1-2H3,(H,12,16). The van der Waals surface area contributed by atoms with E-state index in [1.165, 1.54) is 16.7 Å². The van der Waals surface area contributed by atoms with Crippen LogP contribution in [0.4, 0.5) is 0 Å². The highest BCUT2D eigenvalue weighted by Crippen LogP contribution is 2.15. The highest BCUT2D eigenvalue weighted by atomic mass is 32.1. The van der Waals surface area contributed by atoms with E-state index in [1.807, 2.05) is 13.8 Å². The van der Waals surface area contributed by atoms with Crippen LogP contribution in [0.5, 0.6) is 5.75 Å². The lowest BCUT2D eigenvalue weighted by atomic mass is 10.2. The Hall–Kier alpha value is -1.62. The summed E-state index contributed by atoms with van der Waals surface area (Å²) in [6, 6.07) is 4.60. The third-order valence-corrected chi connectivity index (χ3v) is 2.73. The second-order valence-corrected chi connectivity index (χ2v) is 4.32. The first kappa shape index (κ1) is 10.9. The summed E-state index contributed by atoms with van der Waals surface area (Å²) in [6.07, 6.45) is 0. The highest BCUT2D eigenvalue weighted by molar-refractivity contribution is 7.71. The number of phenolic OH excluding ortho intramolecular Hbond substituents is 1. The molecule has 0 aliphatic carbocycles. The van der Waals surface area contributed by atoms with Gasteiger partial charge in [-0.05, 0) is 44.3 Å². The smallest absolute Gasteiger partial charge is 0.262 e. The molecule has 4 nitrogen and oxygen atoms in total. The van der Waals surface area contributed by atoms with E-state index >= 15 is 0 Å². The van der Waals surface area contributed by atoms with Crippen LogP contribution in [0.15, 0.2) is 23.0 Å². The molecule has 0 fully saturated rings. The normalized spacial score (nSPS) is 11.2. The van der Waals surface area contributed by atoms with Gasteiger partial charge in [-0.15, -0.1) is 0 Å². The van der Waals surface area contributed by atoms with Crippen molar-refractivity contribution in [3.8, 4) is 5.75 Å². The zero-order chi connectivity index (χ0) is 11.9. The number of benzene rings is 1. The van der Waals surface area contributed by atoms with Gasteiger partial charge in [0.05, 0.1) is 10.9 Å². The van der Waals surface area contributed by atoms with Gasteiger partial charge in [-0.25, -0.2) is 0 Å². The molecule has 0 saturated heterocycles. The van der Waals surface area contributed by atoms with E-state index in [0.29, 0.717) is 15.7 Å². The molecule has 0 saturated carbocycles. The third-order valence-electron chi connectivity index (χ3n) is 2.43. The number of hydrogen-bond acceptors (Lipinski definition) is 3. The number of hydrogen-bond donors (Lipinski definition) is 2. The predicted octanol–water partition coefficient (Wildman–Crippen LogP) is 2.35. The number of fused-ring (bicyclic) bond motifs is 1. The van der Waals surface area contributed by atoms with Gasteiger partial charge in [0.15, 0.2) is 4.77 Å². The molecule has 2 N–H and O–H groups in total. The van der Waals surface area contributed by atoms with Gasteiger partial charge in [0.25, 0.3) is 5.56 Å². The fourth-order valence-corrected chi connectivity index (χ4v) is 2.09. The van der Waals surface area contributed by atoms with Gasteiger partial charge in [-0.2, -0.15) is 0 Å². The number of phenols is 1. The van der Waals surface area contributed by atoms with Crippen molar-refractivity contribution in [2.24, 2.45) is 0 Å². The Bertz CT molecular complexity index is 655. The van der Waals surface area contributed by atoms with E-state index in [2.05, 4.69) is 4.98 Å². The quantitative estimate of drug-likeness (QED) is 0.747. The lowest BCUT2D eigenvalue weighted by molar-refractivity contribution is 0.476. The highest BCUT2D eigenvalue weighted by Gasteiger charge is 2.08. The molecule has 0 bridgehead atoms. The van der Waals surface area contributed by atoms with E-state index in [9.17, 15) is 9.90 Å². The molecule has 16 heavy (non-hydrogen) atoms. The van der Waals surface area contributed by atoms with Gasteiger partial charge >= 0.3 is 0 Å². The van der Waals surface area contributed by atoms with E-state index in [0.717, 1.165) is 0 Å². The number of nitrogens with one attached hydrogen (secondary N) is 1. The fourth-order valence-electron chi connectivity index (χ4n) is 1.68. The third kappa shape index (κ3) is 1.63. The molecule has 0 unspecified atom stereocenters. The number of aromatic amines is 1. The molecule has 5 heteroatoms. The van der Waals surface area contributed by atoms with Crippen molar-refractivity contribution in [2.75, 3.05) is 0 Å². The van der Waals surface area contributed by atoms with E-state index < -0.39 is 0 Å². The monoisotopic (exact) mass is 236 g/mol. The predicted molar refractivity (Wildman–Crippen MR) is 65.4 cm³/mol. The molecule has 0 aliphatic heterocycles. The molecule has 1 aromatic carbocycles. The van der Waals surface area contributed by atoms with Crippen molar-refractivity contribution in [3.05, 3.63) is 33.3 Å². The van der Waals surface area contributed by atoms with Crippen LogP contribution in [0.3, 0.4) is 0 Å². The Morgan fingerprint density at radius 3 is 2.75 bits per heavy atom. The molecule has 84 valence electrons. The molecule has 1 heterocycles. The lowest BCUT2D eigenvalue weighted by Crippen LogP contribution is -2.23. The SMILES string of the molecule is CC(C)n1c(=S)[nH]c2ccc(O)cc2c1=O. The second-order valence-electron chi connectivity index (χ2n) is 3.93. The molecule has 2 rings (SSSR count). The molecule has 1 aromatic heterocycles. The number of aromatic hydroxyl groups is 1. The van der Waals surface area contributed by atoms with Gasteiger partial charge in [0.2, 0.25) is 0 Å². The van der Waals surface area contributed by atoms with Crippen LogP contribution in [0.1, 0.15) is 19.9 Å². The van der Waals surface area contributed by atoms with Crippen LogP contribution in [0.25, 0.3) is 10.9 Å². The van der Waals surface area contributed by atoms with E-state index in [-0.39, 0.29) is 17.4 Å². The number of aromatic nitrogens is 2. The molecule has 0 aliphatic rings. The summed E-state index contributed by atoms with van der Waals surface area (Å²) < 4.78 is 1.90. The van der Waals surface area contributed by atoms with E-state index in [1.54, 1.807) is 6.07 Å². The van der Waals surface area contributed by atoms with Crippen molar-refractivity contribution in [1.29, 1.82) is 0 Å². The van der Waals surface area contributed by atoms with Gasteiger partial charge < -0.3 is 10.1 Å². The maximum atomic E-state index is 12.1. The summed E-state index contributed by atoms with van der Waals surface area (Å²) in [7, 11) is 0. The minimum Gasteiger partial charge on any atom is -0.508 e.